The first kappa shape index (κ1) is 19.0. The zero-order chi connectivity index (χ0) is 19.8. The lowest BCUT2D eigenvalue weighted by Gasteiger charge is -2.26. The van der Waals surface area contributed by atoms with Crippen molar-refractivity contribution < 1.29 is 22.7 Å². The van der Waals surface area contributed by atoms with E-state index in [1.54, 1.807) is 11.3 Å². The number of nitrogens with one attached hydrogen (secondary N) is 2. The summed E-state index contributed by atoms with van der Waals surface area (Å²) in [6, 6.07) is 3.47. The van der Waals surface area contributed by atoms with Crippen LogP contribution in [0.5, 0.6) is 0 Å². The number of carbonyl (C=O) groups is 1. The molecule has 1 aliphatic rings. The lowest BCUT2D eigenvalue weighted by atomic mass is 10.2. The van der Waals surface area contributed by atoms with E-state index in [1.165, 1.54) is 0 Å². The number of benzene rings is 1. The zero-order valence-electron chi connectivity index (χ0n) is 15.1. The van der Waals surface area contributed by atoms with E-state index in [1.807, 2.05) is 13.0 Å². The molecule has 1 aliphatic heterocycles. The molecule has 1 saturated heterocycles. The average Bonchev–Trinajstić information content (AvgIpc) is 3.17. The number of halogens is 3. The van der Waals surface area contributed by atoms with Gasteiger partial charge in [0.05, 0.1) is 23.4 Å². The highest BCUT2D eigenvalue weighted by Crippen LogP contribution is 2.32. The molecule has 0 spiro atoms. The van der Waals surface area contributed by atoms with Crippen molar-refractivity contribution in [3.8, 4) is 0 Å². The fourth-order valence-corrected chi connectivity index (χ4v) is 4.31. The minimum absolute atomic E-state index is 0.146. The zero-order valence-corrected chi connectivity index (χ0v) is 15.9. The first-order valence-electron chi connectivity index (χ1n) is 8.79. The van der Waals surface area contributed by atoms with E-state index in [0.29, 0.717) is 25.5 Å². The molecule has 0 saturated carbocycles. The van der Waals surface area contributed by atoms with Gasteiger partial charge < -0.3 is 15.0 Å². The van der Waals surface area contributed by atoms with E-state index in [4.69, 9.17) is 4.74 Å². The number of aryl methyl sites for hydroxylation is 1. The first-order chi connectivity index (χ1) is 13.4. The number of hydrogen-bond acceptors (Lipinski definition) is 4. The number of ether oxygens (including phenoxy) is 1. The fraction of sp³-hybridized carbons (Fsp3) is 0.316. The van der Waals surface area contributed by atoms with Crippen molar-refractivity contribution in [2.75, 3.05) is 31.6 Å². The van der Waals surface area contributed by atoms with Crippen molar-refractivity contribution in [1.29, 1.82) is 0 Å². The summed E-state index contributed by atoms with van der Waals surface area (Å²) in [4.78, 5) is 19.2. The Labute approximate surface area is 163 Å². The van der Waals surface area contributed by atoms with Gasteiger partial charge in [0.25, 0.3) is 5.91 Å². The van der Waals surface area contributed by atoms with Gasteiger partial charge in [0.2, 0.25) is 0 Å². The van der Waals surface area contributed by atoms with Gasteiger partial charge in [-0.2, -0.15) is 0 Å². The van der Waals surface area contributed by atoms with Gasteiger partial charge >= 0.3 is 0 Å². The Morgan fingerprint density at radius 2 is 1.89 bits per heavy atom. The molecule has 1 aromatic carbocycles. The maximum absolute atomic E-state index is 13.5. The third-order valence-electron chi connectivity index (χ3n) is 4.64. The molecule has 0 aliphatic carbocycles. The lowest BCUT2D eigenvalue weighted by Crippen LogP contribution is -2.36. The second-order valence-electron chi connectivity index (χ2n) is 6.67. The maximum Gasteiger partial charge on any atom is 0.272 e. The van der Waals surface area contributed by atoms with Crippen LogP contribution in [0.1, 0.15) is 20.9 Å². The molecular weight excluding hydrogens is 391 g/mol. The number of hydrogen-bond donors (Lipinski definition) is 2. The standard InChI is InChI=1S/C19H18F3N3O2S/c1-10-6-15-18(28-10)12(9-25-2-4-27-5-3-25)17(24-15)19(26)23-11-7-13(20)16(22)14(21)8-11/h6-8,24H,2-5,9H2,1H3,(H,23,26). The average molecular weight is 409 g/mol. The van der Waals surface area contributed by atoms with Crippen molar-refractivity contribution >= 4 is 33.1 Å². The first-order valence-corrected chi connectivity index (χ1v) is 9.61. The number of fused-ring (bicyclic) bond motifs is 1. The number of aromatic nitrogens is 1. The highest BCUT2D eigenvalue weighted by Gasteiger charge is 2.23. The number of rotatable bonds is 4. The van der Waals surface area contributed by atoms with Gasteiger partial charge in [-0.25, -0.2) is 13.2 Å². The molecular formula is C19H18F3N3O2S. The largest absolute Gasteiger partial charge is 0.379 e. The van der Waals surface area contributed by atoms with Crippen LogP contribution in [-0.4, -0.2) is 42.1 Å². The van der Waals surface area contributed by atoms with Crippen LogP contribution < -0.4 is 5.32 Å². The number of anilines is 1. The Morgan fingerprint density at radius 1 is 1.21 bits per heavy atom. The molecule has 2 aromatic heterocycles. The highest BCUT2D eigenvalue weighted by molar-refractivity contribution is 7.19. The minimum atomic E-state index is -1.57. The molecule has 3 aromatic rings. The minimum Gasteiger partial charge on any atom is -0.379 e. The van der Waals surface area contributed by atoms with E-state index in [0.717, 1.165) is 45.9 Å². The van der Waals surface area contributed by atoms with Crippen molar-refractivity contribution in [2.45, 2.75) is 13.5 Å². The summed E-state index contributed by atoms with van der Waals surface area (Å²) in [5.74, 6) is -4.81. The molecule has 0 unspecified atom stereocenters. The van der Waals surface area contributed by atoms with Gasteiger partial charge in [0.15, 0.2) is 17.5 Å². The predicted octanol–water partition coefficient (Wildman–Crippen LogP) is 4.04. The molecule has 28 heavy (non-hydrogen) atoms. The lowest BCUT2D eigenvalue weighted by molar-refractivity contribution is 0.0343. The molecule has 0 atom stereocenters. The van der Waals surface area contributed by atoms with Crippen molar-refractivity contribution in [3.63, 3.8) is 0 Å². The van der Waals surface area contributed by atoms with Crippen LogP contribution in [0.25, 0.3) is 10.2 Å². The summed E-state index contributed by atoms with van der Waals surface area (Å²) in [6.45, 7) is 5.32. The Balaban J connectivity index is 1.66. The van der Waals surface area contributed by atoms with Crippen LogP contribution in [0.2, 0.25) is 0 Å². The Morgan fingerprint density at radius 3 is 2.57 bits per heavy atom. The van der Waals surface area contributed by atoms with Crippen molar-refractivity contribution in [1.82, 2.24) is 9.88 Å². The number of nitrogens with zero attached hydrogens (tertiary/aromatic N) is 1. The molecule has 1 fully saturated rings. The molecule has 148 valence electrons. The summed E-state index contributed by atoms with van der Waals surface area (Å²) in [5, 5.41) is 2.45. The van der Waals surface area contributed by atoms with Crippen LogP contribution in [0.3, 0.4) is 0 Å². The number of thiophene rings is 1. The van der Waals surface area contributed by atoms with Crippen LogP contribution in [-0.2, 0) is 11.3 Å². The monoisotopic (exact) mass is 409 g/mol. The SMILES string of the molecule is Cc1cc2[nH]c(C(=O)Nc3cc(F)c(F)c(F)c3)c(CN3CCOCC3)c2s1. The van der Waals surface area contributed by atoms with Gasteiger partial charge in [0, 0.05) is 47.9 Å². The van der Waals surface area contributed by atoms with E-state index in [2.05, 4.69) is 15.2 Å². The van der Waals surface area contributed by atoms with Gasteiger partial charge in [-0.05, 0) is 13.0 Å². The smallest absolute Gasteiger partial charge is 0.272 e. The fourth-order valence-electron chi connectivity index (χ4n) is 3.30. The van der Waals surface area contributed by atoms with E-state index in [9.17, 15) is 18.0 Å². The predicted molar refractivity (Wildman–Crippen MR) is 101 cm³/mol. The van der Waals surface area contributed by atoms with Crippen LogP contribution in [0.4, 0.5) is 18.9 Å². The van der Waals surface area contributed by atoms with Crippen LogP contribution in [0, 0.1) is 24.4 Å². The maximum atomic E-state index is 13.5. The van der Waals surface area contributed by atoms with E-state index in [-0.39, 0.29) is 5.69 Å². The number of carbonyl (C=O) groups excluding carboxylic acids is 1. The molecule has 1 amide bonds. The Hall–Kier alpha value is -2.36. The number of amides is 1. The molecule has 3 heterocycles. The van der Waals surface area contributed by atoms with Crippen molar-refractivity contribution in [3.05, 3.63) is 51.8 Å². The van der Waals surface area contributed by atoms with Gasteiger partial charge in [-0.15, -0.1) is 11.3 Å². The number of aromatic amines is 1. The molecule has 4 rings (SSSR count). The second kappa shape index (κ2) is 7.57. The third kappa shape index (κ3) is 3.65. The van der Waals surface area contributed by atoms with Gasteiger partial charge in [-0.3, -0.25) is 9.69 Å². The summed E-state index contributed by atoms with van der Waals surface area (Å²) in [7, 11) is 0. The number of H-pyrrole nitrogens is 1. The summed E-state index contributed by atoms with van der Waals surface area (Å²) >= 11 is 1.58. The topological polar surface area (TPSA) is 57.4 Å². The Kier molecular flexibility index (Phi) is 5.13. The molecule has 2 N–H and O–H groups in total. The van der Waals surface area contributed by atoms with E-state index < -0.39 is 23.4 Å². The Bertz CT molecular complexity index is 1020. The van der Waals surface area contributed by atoms with Crippen molar-refractivity contribution in [2.24, 2.45) is 0 Å². The summed E-state index contributed by atoms with van der Waals surface area (Å²) in [5.41, 5.74) is 1.86. The van der Waals surface area contributed by atoms with Gasteiger partial charge in [0.1, 0.15) is 5.69 Å². The molecule has 5 nitrogen and oxygen atoms in total. The van der Waals surface area contributed by atoms with Gasteiger partial charge in [-0.1, -0.05) is 0 Å². The quantitative estimate of drug-likeness (QED) is 0.640. The molecule has 9 heteroatoms. The summed E-state index contributed by atoms with van der Waals surface area (Å²) in [6.07, 6.45) is 0. The van der Waals surface area contributed by atoms with Crippen LogP contribution in [0.15, 0.2) is 18.2 Å². The second-order valence-corrected chi connectivity index (χ2v) is 7.93. The third-order valence-corrected chi connectivity index (χ3v) is 5.76. The number of morpholine rings is 1. The molecule has 0 radical (unpaired) electrons. The van der Waals surface area contributed by atoms with Crippen LogP contribution >= 0.6 is 11.3 Å². The summed E-state index contributed by atoms with van der Waals surface area (Å²) < 4.78 is 46.4. The highest BCUT2D eigenvalue weighted by atomic mass is 32.1. The normalized spacial score (nSPS) is 15.3. The molecule has 0 bridgehead atoms. The van der Waals surface area contributed by atoms with E-state index >= 15 is 0 Å².